The van der Waals surface area contributed by atoms with Gasteiger partial charge in [0.1, 0.15) is 6.61 Å². The Balaban J connectivity index is 1.85. The molecule has 0 radical (unpaired) electrons. The highest BCUT2D eigenvalue weighted by Gasteiger charge is 2.32. The molecule has 0 unspecified atom stereocenters. The Morgan fingerprint density at radius 3 is 2.28 bits per heavy atom. The van der Waals surface area contributed by atoms with Gasteiger partial charge in [0, 0.05) is 42.9 Å². The molecule has 1 aliphatic heterocycles. The summed E-state index contributed by atoms with van der Waals surface area (Å²) in [5.41, 5.74) is 0.710. The first kappa shape index (κ1) is 22.7. The van der Waals surface area contributed by atoms with Gasteiger partial charge in [-0.1, -0.05) is 26.8 Å². The van der Waals surface area contributed by atoms with E-state index in [0.29, 0.717) is 43.9 Å². The van der Waals surface area contributed by atoms with Gasteiger partial charge in [0.15, 0.2) is 0 Å². The van der Waals surface area contributed by atoms with Gasteiger partial charge < -0.3 is 19.7 Å². The van der Waals surface area contributed by atoms with Gasteiger partial charge >= 0.3 is 6.09 Å². The van der Waals surface area contributed by atoms with Crippen LogP contribution in [-0.4, -0.2) is 56.2 Å². The summed E-state index contributed by atoms with van der Waals surface area (Å²) in [7, 11) is 1.53. The zero-order valence-electron chi connectivity index (χ0n) is 17.6. The van der Waals surface area contributed by atoms with Gasteiger partial charge in [-0.3, -0.25) is 14.9 Å². The van der Waals surface area contributed by atoms with Crippen molar-refractivity contribution < 1.29 is 23.9 Å². The fourth-order valence-electron chi connectivity index (χ4n) is 3.11. The van der Waals surface area contributed by atoms with Crippen molar-refractivity contribution in [2.45, 2.75) is 33.6 Å². The van der Waals surface area contributed by atoms with E-state index in [0.717, 1.165) is 0 Å². The fourth-order valence-corrected chi connectivity index (χ4v) is 3.11. The van der Waals surface area contributed by atoms with Crippen LogP contribution in [0.5, 0.6) is 0 Å². The van der Waals surface area contributed by atoms with Crippen molar-refractivity contribution >= 4 is 29.3 Å². The van der Waals surface area contributed by atoms with Crippen LogP contribution < -0.4 is 10.6 Å². The standard InChI is InChI=1S/C21H31N3O5/c1-21(2,3)19(26)24-10-8-15(9-11-24)18(25)22-16-6-5-7-17(14-16)23-20(27)29-13-12-28-4/h5-7,14-15H,8-13H2,1-4H3,(H,22,25)(H,23,27). The number of nitrogens with zero attached hydrogens (tertiary/aromatic N) is 1. The number of benzene rings is 1. The smallest absolute Gasteiger partial charge is 0.411 e. The number of methoxy groups -OCH3 is 1. The summed E-state index contributed by atoms with van der Waals surface area (Å²) in [6.07, 6.45) is 0.691. The van der Waals surface area contributed by atoms with Crippen LogP contribution in [0.3, 0.4) is 0 Å². The van der Waals surface area contributed by atoms with Crippen molar-refractivity contribution in [2.75, 3.05) is 44.0 Å². The number of rotatable bonds is 6. The Hall–Kier alpha value is -2.61. The molecule has 0 aromatic heterocycles. The summed E-state index contributed by atoms with van der Waals surface area (Å²) in [5, 5.41) is 5.51. The van der Waals surface area contributed by atoms with Crippen molar-refractivity contribution in [1.29, 1.82) is 0 Å². The third-order valence-corrected chi connectivity index (χ3v) is 4.69. The SMILES string of the molecule is COCCOC(=O)Nc1cccc(NC(=O)C2CCN(C(=O)C(C)(C)C)CC2)c1. The number of amides is 3. The molecular weight excluding hydrogens is 374 g/mol. The number of carbonyl (C=O) groups excluding carboxylic acids is 3. The van der Waals surface area contributed by atoms with Crippen LogP contribution in [0.2, 0.25) is 0 Å². The summed E-state index contributed by atoms with van der Waals surface area (Å²) in [6.45, 7) is 7.37. The molecule has 160 valence electrons. The maximum Gasteiger partial charge on any atom is 0.411 e. The quantitative estimate of drug-likeness (QED) is 0.709. The van der Waals surface area contributed by atoms with Gasteiger partial charge in [0.25, 0.3) is 0 Å². The molecule has 0 atom stereocenters. The Labute approximate surface area is 171 Å². The summed E-state index contributed by atoms with van der Waals surface area (Å²) >= 11 is 0. The first-order valence-electron chi connectivity index (χ1n) is 9.83. The predicted octanol–water partition coefficient (Wildman–Crippen LogP) is 3.10. The molecule has 0 spiro atoms. The number of piperidine rings is 1. The van der Waals surface area contributed by atoms with Crippen molar-refractivity contribution in [3.05, 3.63) is 24.3 Å². The van der Waals surface area contributed by atoms with Crippen LogP contribution in [0.15, 0.2) is 24.3 Å². The van der Waals surface area contributed by atoms with Crippen LogP contribution in [-0.2, 0) is 19.1 Å². The van der Waals surface area contributed by atoms with Crippen molar-refractivity contribution in [1.82, 2.24) is 4.90 Å². The van der Waals surface area contributed by atoms with E-state index in [1.165, 1.54) is 7.11 Å². The van der Waals surface area contributed by atoms with Crippen LogP contribution in [0.1, 0.15) is 33.6 Å². The lowest BCUT2D eigenvalue weighted by molar-refractivity contribution is -0.142. The van der Waals surface area contributed by atoms with E-state index in [4.69, 9.17) is 9.47 Å². The third-order valence-electron chi connectivity index (χ3n) is 4.69. The van der Waals surface area contributed by atoms with E-state index < -0.39 is 11.5 Å². The van der Waals surface area contributed by atoms with Gasteiger partial charge in [-0.2, -0.15) is 0 Å². The van der Waals surface area contributed by atoms with Crippen molar-refractivity contribution in [3.63, 3.8) is 0 Å². The first-order chi connectivity index (χ1) is 13.7. The zero-order valence-corrected chi connectivity index (χ0v) is 17.6. The van der Waals surface area contributed by atoms with Gasteiger partial charge in [-0.05, 0) is 31.0 Å². The third kappa shape index (κ3) is 7.05. The molecule has 1 aromatic carbocycles. The second kappa shape index (κ2) is 10.2. The predicted molar refractivity (Wildman–Crippen MR) is 111 cm³/mol. The molecule has 1 fully saturated rings. The summed E-state index contributed by atoms with van der Waals surface area (Å²) in [4.78, 5) is 38.5. The van der Waals surface area contributed by atoms with Gasteiger partial charge in [0.05, 0.1) is 6.61 Å². The molecule has 2 N–H and O–H groups in total. The number of ether oxygens (including phenoxy) is 2. The summed E-state index contributed by atoms with van der Waals surface area (Å²) < 4.78 is 9.79. The van der Waals surface area contributed by atoms with E-state index >= 15 is 0 Å². The number of likely N-dealkylation sites (tertiary alicyclic amines) is 1. The number of anilines is 2. The molecule has 1 heterocycles. The van der Waals surface area contributed by atoms with E-state index in [9.17, 15) is 14.4 Å². The minimum atomic E-state index is -0.582. The van der Waals surface area contributed by atoms with Crippen LogP contribution in [0.4, 0.5) is 16.2 Å². The van der Waals surface area contributed by atoms with Gasteiger partial charge in [-0.15, -0.1) is 0 Å². The number of hydrogen-bond acceptors (Lipinski definition) is 5. The van der Waals surface area contributed by atoms with E-state index in [1.54, 1.807) is 24.3 Å². The Bertz CT molecular complexity index is 721. The van der Waals surface area contributed by atoms with E-state index in [1.807, 2.05) is 25.7 Å². The topological polar surface area (TPSA) is 97.0 Å². The molecule has 0 aliphatic carbocycles. The molecule has 0 saturated carbocycles. The molecule has 8 nitrogen and oxygen atoms in total. The first-order valence-corrected chi connectivity index (χ1v) is 9.83. The van der Waals surface area contributed by atoms with Gasteiger partial charge in [0.2, 0.25) is 11.8 Å². The Morgan fingerprint density at radius 1 is 1.07 bits per heavy atom. The average molecular weight is 405 g/mol. The maximum atomic E-state index is 12.6. The lowest BCUT2D eigenvalue weighted by atomic mass is 9.90. The molecule has 1 aromatic rings. The summed E-state index contributed by atoms with van der Waals surface area (Å²) in [5.74, 6) is -0.102. The van der Waals surface area contributed by atoms with Crippen molar-refractivity contribution in [2.24, 2.45) is 11.3 Å². The second-order valence-corrected chi connectivity index (χ2v) is 8.14. The fraction of sp³-hybridized carbons (Fsp3) is 0.571. The molecule has 29 heavy (non-hydrogen) atoms. The van der Waals surface area contributed by atoms with E-state index in [-0.39, 0.29) is 24.3 Å². The molecule has 3 amide bonds. The highest BCUT2D eigenvalue weighted by Crippen LogP contribution is 2.25. The maximum absolute atomic E-state index is 12.6. The number of hydrogen-bond donors (Lipinski definition) is 2. The number of nitrogens with one attached hydrogen (secondary N) is 2. The molecule has 1 saturated heterocycles. The second-order valence-electron chi connectivity index (χ2n) is 8.14. The molecule has 0 bridgehead atoms. The van der Waals surface area contributed by atoms with Crippen LogP contribution in [0.25, 0.3) is 0 Å². The monoisotopic (exact) mass is 405 g/mol. The van der Waals surface area contributed by atoms with Crippen LogP contribution in [0, 0.1) is 11.3 Å². The molecular formula is C21H31N3O5. The normalized spacial score (nSPS) is 15.0. The Morgan fingerprint density at radius 2 is 1.69 bits per heavy atom. The largest absolute Gasteiger partial charge is 0.447 e. The minimum absolute atomic E-state index is 0.0762. The Kier molecular flexibility index (Phi) is 8.01. The highest BCUT2D eigenvalue weighted by atomic mass is 16.6. The molecule has 1 aliphatic rings. The summed E-state index contributed by atoms with van der Waals surface area (Å²) in [6, 6.07) is 6.89. The lowest BCUT2D eigenvalue weighted by Crippen LogP contribution is -2.45. The molecule has 2 rings (SSSR count). The van der Waals surface area contributed by atoms with Crippen molar-refractivity contribution in [3.8, 4) is 0 Å². The highest BCUT2D eigenvalue weighted by molar-refractivity contribution is 5.94. The lowest BCUT2D eigenvalue weighted by Gasteiger charge is -2.35. The zero-order chi connectivity index (χ0) is 21.4. The van der Waals surface area contributed by atoms with Crippen LogP contribution >= 0.6 is 0 Å². The average Bonchev–Trinajstić information content (AvgIpc) is 2.67. The van der Waals surface area contributed by atoms with E-state index in [2.05, 4.69) is 10.6 Å². The minimum Gasteiger partial charge on any atom is -0.447 e. The molecule has 8 heteroatoms. The van der Waals surface area contributed by atoms with Gasteiger partial charge in [-0.25, -0.2) is 4.79 Å². The number of carbonyl (C=O) groups is 3.